The molecule has 0 amide bonds. The predicted octanol–water partition coefficient (Wildman–Crippen LogP) is 1.01. The minimum Gasteiger partial charge on any atom is -0.288 e. The maximum absolute atomic E-state index is 11.5. The van der Waals surface area contributed by atoms with Crippen molar-refractivity contribution in [3.05, 3.63) is 35.9 Å². The summed E-state index contributed by atoms with van der Waals surface area (Å²) in [6.07, 6.45) is 0. The Kier molecular flexibility index (Phi) is 3.62. The van der Waals surface area contributed by atoms with Gasteiger partial charge in [0, 0.05) is 7.05 Å². The summed E-state index contributed by atoms with van der Waals surface area (Å²) in [6.45, 7) is 0. The van der Waals surface area contributed by atoms with Gasteiger partial charge in [0.05, 0.1) is 12.9 Å². The summed E-state index contributed by atoms with van der Waals surface area (Å²) in [6, 6.07) is 8.98. The molecule has 1 aromatic carbocycles. The summed E-state index contributed by atoms with van der Waals surface area (Å²) in [7, 11) is -0.657. The van der Waals surface area contributed by atoms with E-state index in [0.29, 0.717) is 0 Å². The maximum Gasteiger partial charge on any atom is 0.239 e. The molecular weight excluding hydrogens is 202 g/mol. The monoisotopic (exact) mass is 215 g/mol. The van der Waals surface area contributed by atoms with Gasteiger partial charge in [0.15, 0.2) is 0 Å². The number of hydrogen-bond acceptors (Lipinski definition) is 3. The number of benzene rings is 1. The van der Waals surface area contributed by atoms with Gasteiger partial charge >= 0.3 is 0 Å². The summed E-state index contributed by atoms with van der Waals surface area (Å²) >= 11 is 0. The standard InChI is InChI=1S/C9H13NO3S/c1-10(13-2)14(11,12)8-9-6-4-3-5-7-9/h3-7H,8H2,1-2H3. The second kappa shape index (κ2) is 4.54. The lowest BCUT2D eigenvalue weighted by Gasteiger charge is -2.13. The summed E-state index contributed by atoms with van der Waals surface area (Å²) in [5.41, 5.74) is 0.747. The molecule has 0 atom stereocenters. The largest absolute Gasteiger partial charge is 0.288 e. The van der Waals surface area contributed by atoms with Crippen molar-refractivity contribution in [1.82, 2.24) is 4.47 Å². The molecule has 0 radical (unpaired) electrons. The lowest BCUT2D eigenvalue weighted by atomic mass is 10.2. The molecule has 0 aliphatic rings. The molecule has 4 nitrogen and oxygen atoms in total. The van der Waals surface area contributed by atoms with Crippen LogP contribution >= 0.6 is 0 Å². The van der Waals surface area contributed by atoms with Crippen LogP contribution in [0.4, 0.5) is 0 Å². The van der Waals surface area contributed by atoms with Gasteiger partial charge in [0.1, 0.15) is 0 Å². The Balaban J connectivity index is 2.79. The van der Waals surface area contributed by atoms with Crippen LogP contribution < -0.4 is 0 Å². The van der Waals surface area contributed by atoms with E-state index in [4.69, 9.17) is 0 Å². The van der Waals surface area contributed by atoms with E-state index in [1.807, 2.05) is 6.07 Å². The minimum atomic E-state index is -3.35. The zero-order valence-corrected chi connectivity index (χ0v) is 8.99. The highest BCUT2D eigenvalue weighted by atomic mass is 32.2. The van der Waals surface area contributed by atoms with Gasteiger partial charge in [-0.3, -0.25) is 4.84 Å². The molecule has 1 rings (SSSR count). The van der Waals surface area contributed by atoms with Gasteiger partial charge in [0.2, 0.25) is 10.0 Å². The van der Waals surface area contributed by atoms with Crippen molar-refractivity contribution in [3.8, 4) is 0 Å². The first kappa shape index (κ1) is 11.2. The highest BCUT2D eigenvalue weighted by molar-refractivity contribution is 7.88. The Bertz CT molecular complexity index is 374. The van der Waals surface area contributed by atoms with Gasteiger partial charge in [-0.25, -0.2) is 8.42 Å². The van der Waals surface area contributed by atoms with Crippen LogP contribution in [0.1, 0.15) is 5.56 Å². The van der Waals surface area contributed by atoms with Gasteiger partial charge in [0.25, 0.3) is 0 Å². The summed E-state index contributed by atoms with van der Waals surface area (Å²) < 4.78 is 23.9. The molecule has 78 valence electrons. The van der Waals surface area contributed by atoms with Crippen LogP contribution in [0.15, 0.2) is 30.3 Å². The predicted molar refractivity (Wildman–Crippen MR) is 53.8 cm³/mol. The van der Waals surface area contributed by atoms with Gasteiger partial charge < -0.3 is 0 Å². The van der Waals surface area contributed by atoms with Crippen molar-refractivity contribution < 1.29 is 13.3 Å². The van der Waals surface area contributed by atoms with Gasteiger partial charge in [-0.15, -0.1) is 0 Å². The lowest BCUT2D eigenvalue weighted by Crippen LogP contribution is -2.26. The van der Waals surface area contributed by atoms with Crippen molar-refractivity contribution in [2.24, 2.45) is 0 Å². The quantitative estimate of drug-likeness (QED) is 0.704. The number of rotatable bonds is 4. The fourth-order valence-corrected chi connectivity index (χ4v) is 2.01. The minimum absolute atomic E-state index is 0.0435. The van der Waals surface area contributed by atoms with E-state index in [1.54, 1.807) is 24.3 Å². The molecule has 14 heavy (non-hydrogen) atoms. The SMILES string of the molecule is CON(C)S(=O)(=O)Cc1ccccc1. The van der Waals surface area contributed by atoms with Crippen LogP contribution in [0.2, 0.25) is 0 Å². The highest BCUT2D eigenvalue weighted by Crippen LogP contribution is 2.08. The second-order valence-electron chi connectivity index (χ2n) is 2.83. The molecule has 0 saturated heterocycles. The Labute approximate surface area is 84.1 Å². The van der Waals surface area contributed by atoms with E-state index in [-0.39, 0.29) is 5.75 Å². The molecule has 1 aromatic rings. The smallest absolute Gasteiger partial charge is 0.239 e. The third kappa shape index (κ3) is 2.80. The Morgan fingerprint density at radius 3 is 2.36 bits per heavy atom. The topological polar surface area (TPSA) is 46.6 Å². The van der Waals surface area contributed by atoms with Crippen LogP contribution in [0, 0.1) is 0 Å². The molecule has 0 N–H and O–H groups in total. The number of hydroxylamine groups is 1. The average molecular weight is 215 g/mol. The van der Waals surface area contributed by atoms with E-state index in [2.05, 4.69) is 4.84 Å². The number of sulfonamides is 1. The summed E-state index contributed by atoms with van der Waals surface area (Å²) in [4.78, 5) is 4.63. The van der Waals surface area contributed by atoms with Crippen LogP contribution in [0.25, 0.3) is 0 Å². The molecule has 0 saturated carbocycles. The van der Waals surface area contributed by atoms with Gasteiger partial charge in [-0.2, -0.15) is 0 Å². The van der Waals surface area contributed by atoms with Gasteiger partial charge in [-0.05, 0) is 5.56 Å². The van der Waals surface area contributed by atoms with Crippen molar-refractivity contribution in [2.75, 3.05) is 14.2 Å². The molecular formula is C9H13NO3S. The molecule has 0 spiro atoms. The fraction of sp³-hybridized carbons (Fsp3) is 0.333. The molecule has 0 aliphatic heterocycles. The van der Waals surface area contributed by atoms with Crippen molar-refractivity contribution in [3.63, 3.8) is 0 Å². The second-order valence-corrected chi connectivity index (χ2v) is 4.80. The molecule has 0 fully saturated rings. The first-order valence-corrected chi connectivity index (χ1v) is 5.72. The zero-order chi connectivity index (χ0) is 10.6. The number of nitrogens with zero attached hydrogens (tertiary/aromatic N) is 1. The van der Waals surface area contributed by atoms with Crippen LogP contribution in [-0.2, 0) is 20.6 Å². The van der Waals surface area contributed by atoms with Crippen molar-refractivity contribution in [2.45, 2.75) is 5.75 Å². The molecule has 0 aliphatic carbocycles. The fourth-order valence-electron chi connectivity index (χ4n) is 0.989. The maximum atomic E-state index is 11.5. The van der Waals surface area contributed by atoms with E-state index >= 15 is 0 Å². The highest BCUT2D eigenvalue weighted by Gasteiger charge is 2.17. The van der Waals surface area contributed by atoms with Crippen LogP contribution in [-0.4, -0.2) is 27.0 Å². The summed E-state index contributed by atoms with van der Waals surface area (Å²) in [5.74, 6) is -0.0435. The van der Waals surface area contributed by atoms with Crippen molar-refractivity contribution >= 4 is 10.0 Å². The van der Waals surface area contributed by atoms with Crippen LogP contribution in [0.5, 0.6) is 0 Å². The Hall–Kier alpha value is -0.910. The molecule has 0 bridgehead atoms. The Morgan fingerprint density at radius 2 is 1.86 bits per heavy atom. The molecule has 5 heteroatoms. The first-order chi connectivity index (χ1) is 6.56. The normalized spacial score (nSPS) is 11.9. The molecule has 0 heterocycles. The molecule has 0 aromatic heterocycles. The summed E-state index contributed by atoms with van der Waals surface area (Å²) in [5, 5.41) is 0. The van der Waals surface area contributed by atoms with Crippen molar-refractivity contribution in [1.29, 1.82) is 0 Å². The van der Waals surface area contributed by atoms with Crippen LogP contribution in [0.3, 0.4) is 0 Å². The third-order valence-corrected chi connectivity index (χ3v) is 3.47. The Morgan fingerprint density at radius 1 is 1.29 bits per heavy atom. The molecule has 0 unspecified atom stereocenters. The van der Waals surface area contributed by atoms with E-state index < -0.39 is 10.0 Å². The zero-order valence-electron chi connectivity index (χ0n) is 8.17. The number of hydrogen-bond donors (Lipinski definition) is 0. The first-order valence-electron chi connectivity index (χ1n) is 4.11. The average Bonchev–Trinajstić information content (AvgIpc) is 2.17. The third-order valence-electron chi connectivity index (χ3n) is 1.84. The van der Waals surface area contributed by atoms with E-state index in [0.717, 1.165) is 10.0 Å². The van der Waals surface area contributed by atoms with E-state index in [9.17, 15) is 8.42 Å². The lowest BCUT2D eigenvalue weighted by molar-refractivity contribution is -0.0260. The van der Waals surface area contributed by atoms with E-state index in [1.165, 1.54) is 14.2 Å². The van der Waals surface area contributed by atoms with Gasteiger partial charge in [-0.1, -0.05) is 34.8 Å².